The first-order chi connectivity index (χ1) is 12.6. The molecule has 2 nitrogen and oxygen atoms in total. The molecule has 0 saturated heterocycles. The Morgan fingerprint density at radius 2 is 1.04 bits per heavy atom. The van der Waals surface area contributed by atoms with Crippen molar-refractivity contribution in [2.75, 3.05) is 25.2 Å². The molecule has 0 aliphatic carbocycles. The third kappa shape index (κ3) is 11.3. The number of carbonyl (C=O) groups excluding carboxylic acids is 1. The predicted molar refractivity (Wildman–Crippen MR) is 112 cm³/mol. The molecule has 0 aliphatic heterocycles. The summed E-state index contributed by atoms with van der Waals surface area (Å²) in [6, 6.07) is 0. The molecule has 0 unspecified atom stereocenters. The van der Waals surface area contributed by atoms with Crippen molar-refractivity contribution in [3.8, 4) is 0 Å². The van der Waals surface area contributed by atoms with Crippen LogP contribution in [0, 0.1) is 0 Å². The number of rotatable bonds is 16. The van der Waals surface area contributed by atoms with E-state index < -0.39 is 19.0 Å². The summed E-state index contributed by atoms with van der Waals surface area (Å²) < 4.78 is 44.6. The number of carbonyl (C=O) groups is 1. The molecular weight excluding hydrogens is 372 g/mol. The molecular formula is C21H42F3O2P. The SMILES string of the molecule is CCCCCCP(C)(CCCCCC)(CCCCCC)OC(=O)C(F)(F)F. The van der Waals surface area contributed by atoms with Crippen LogP contribution in [-0.2, 0) is 9.32 Å². The van der Waals surface area contributed by atoms with Crippen molar-refractivity contribution >= 4 is 12.8 Å². The van der Waals surface area contributed by atoms with E-state index in [1.54, 1.807) is 0 Å². The molecule has 0 aromatic heterocycles. The Hall–Kier alpha value is -0.310. The standard InChI is InChI=1S/C21H42F3O2P/c1-5-8-11-14-17-27(4,18-15-12-9-6-2,19-16-13-10-7-3)26-20(25)21(22,23)24/h5-19H2,1-4H3. The molecule has 0 radical (unpaired) electrons. The van der Waals surface area contributed by atoms with E-state index in [0.29, 0.717) is 18.5 Å². The minimum atomic E-state index is -4.91. The first-order valence-corrected chi connectivity index (χ1v) is 14.1. The molecule has 0 aromatic rings. The summed E-state index contributed by atoms with van der Waals surface area (Å²) in [6.45, 7) is 5.08. The van der Waals surface area contributed by atoms with E-state index in [1.165, 1.54) is 0 Å². The van der Waals surface area contributed by atoms with Gasteiger partial charge in [0.2, 0.25) is 0 Å². The Bertz CT molecular complexity index is 377. The van der Waals surface area contributed by atoms with Crippen LogP contribution in [0.15, 0.2) is 0 Å². The van der Waals surface area contributed by atoms with Gasteiger partial charge in [0.15, 0.2) is 0 Å². The Morgan fingerprint density at radius 3 is 1.30 bits per heavy atom. The van der Waals surface area contributed by atoms with E-state index in [0.717, 1.165) is 77.0 Å². The number of hydrogen-bond acceptors (Lipinski definition) is 2. The molecule has 0 N–H and O–H groups in total. The van der Waals surface area contributed by atoms with E-state index in [1.807, 2.05) is 6.66 Å². The van der Waals surface area contributed by atoms with Crippen LogP contribution in [0.1, 0.15) is 97.8 Å². The summed E-state index contributed by atoms with van der Waals surface area (Å²) >= 11 is 0. The van der Waals surface area contributed by atoms with Crippen molar-refractivity contribution < 1.29 is 22.5 Å². The zero-order valence-electron chi connectivity index (χ0n) is 18.0. The van der Waals surface area contributed by atoms with Crippen LogP contribution in [-0.4, -0.2) is 37.3 Å². The number of halogens is 3. The molecule has 0 fully saturated rings. The fourth-order valence-electron chi connectivity index (χ4n) is 3.74. The van der Waals surface area contributed by atoms with Gasteiger partial charge in [-0.2, -0.15) is 0 Å². The van der Waals surface area contributed by atoms with Gasteiger partial charge in [0.1, 0.15) is 0 Å². The summed E-state index contributed by atoms with van der Waals surface area (Å²) in [6.07, 6.45) is 9.04. The van der Waals surface area contributed by atoms with Gasteiger partial charge in [0.25, 0.3) is 0 Å². The second-order valence-corrected chi connectivity index (χ2v) is 14.3. The molecule has 0 spiro atoms. The molecule has 27 heavy (non-hydrogen) atoms. The Morgan fingerprint density at radius 1 is 0.704 bits per heavy atom. The van der Waals surface area contributed by atoms with Gasteiger partial charge in [-0.15, -0.1) is 0 Å². The van der Waals surface area contributed by atoms with E-state index in [4.69, 9.17) is 4.52 Å². The molecule has 0 heterocycles. The van der Waals surface area contributed by atoms with Crippen LogP contribution >= 0.6 is 6.83 Å². The zero-order chi connectivity index (χ0) is 20.8. The number of unbranched alkanes of at least 4 members (excludes halogenated alkanes) is 9. The fourth-order valence-corrected chi connectivity index (χ4v) is 8.65. The zero-order valence-corrected chi connectivity index (χ0v) is 18.9. The minimum absolute atomic E-state index is 0.645. The van der Waals surface area contributed by atoms with E-state index in [-0.39, 0.29) is 0 Å². The summed E-state index contributed by atoms with van der Waals surface area (Å²) in [5.41, 5.74) is 0. The van der Waals surface area contributed by atoms with Crippen molar-refractivity contribution in [2.45, 2.75) is 104 Å². The topological polar surface area (TPSA) is 26.3 Å². The first kappa shape index (κ1) is 26.7. The van der Waals surface area contributed by atoms with Gasteiger partial charge >= 0.3 is 164 Å². The predicted octanol–water partition coefficient (Wildman–Crippen LogP) is 7.93. The second kappa shape index (κ2) is 13.0. The molecule has 0 saturated carbocycles. The van der Waals surface area contributed by atoms with Gasteiger partial charge < -0.3 is 0 Å². The van der Waals surface area contributed by atoms with Gasteiger partial charge in [0.05, 0.1) is 0 Å². The van der Waals surface area contributed by atoms with Crippen LogP contribution in [0.3, 0.4) is 0 Å². The summed E-state index contributed by atoms with van der Waals surface area (Å²) in [5.74, 6) is -1.97. The molecule has 6 heteroatoms. The molecule has 0 aromatic carbocycles. The molecule has 0 amide bonds. The van der Waals surface area contributed by atoms with Crippen LogP contribution in [0.25, 0.3) is 0 Å². The van der Waals surface area contributed by atoms with Gasteiger partial charge in [-0.05, 0) is 0 Å². The van der Waals surface area contributed by atoms with Crippen LogP contribution in [0.4, 0.5) is 13.2 Å². The Balaban J connectivity index is 5.39. The summed E-state index contributed by atoms with van der Waals surface area (Å²) in [5, 5.41) is 0. The quantitative estimate of drug-likeness (QED) is 0.189. The molecule has 0 bridgehead atoms. The van der Waals surface area contributed by atoms with Crippen LogP contribution in [0.5, 0.6) is 0 Å². The van der Waals surface area contributed by atoms with Crippen molar-refractivity contribution in [3.05, 3.63) is 0 Å². The Kier molecular flexibility index (Phi) is 12.9. The number of hydrogen-bond donors (Lipinski definition) is 0. The maximum absolute atomic E-state index is 13.0. The van der Waals surface area contributed by atoms with Crippen molar-refractivity contribution in [1.29, 1.82) is 0 Å². The summed E-state index contributed by atoms with van der Waals surface area (Å²) in [4.78, 5) is 11.8. The maximum atomic E-state index is 13.0. The first-order valence-electron chi connectivity index (χ1n) is 10.9. The van der Waals surface area contributed by atoms with Crippen molar-refractivity contribution in [1.82, 2.24) is 0 Å². The van der Waals surface area contributed by atoms with Gasteiger partial charge in [-0.1, -0.05) is 0 Å². The fraction of sp³-hybridized carbons (Fsp3) is 0.952. The van der Waals surface area contributed by atoms with Gasteiger partial charge in [0, 0.05) is 0 Å². The third-order valence-electron chi connectivity index (χ3n) is 5.53. The Labute approximate surface area is 165 Å². The van der Waals surface area contributed by atoms with Crippen LogP contribution < -0.4 is 0 Å². The average molecular weight is 415 g/mol. The van der Waals surface area contributed by atoms with Gasteiger partial charge in [-0.3, -0.25) is 0 Å². The molecule has 0 aliphatic rings. The van der Waals surface area contributed by atoms with E-state index in [9.17, 15) is 18.0 Å². The van der Waals surface area contributed by atoms with E-state index in [2.05, 4.69) is 20.8 Å². The third-order valence-corrected chi connectivity index (χ3v) is 11.0. The average Bonchev–Trinajstić information content (AvgIpc) is 2.59. The molecule has 164 valence electrons. The summed E-state index contributed by atoms with van der Waals surface area (Å²) in [7, 11) is 0. The molecule has 0 atom stereocenters. The van der Waals surface area contributed by atoms with Crippen molar-refractivity contribution in [3.63, 3.8) is 0 Å². The van der Waals surface area contributed by atoms with Gasteiger partial charge in [-0.25, -0.2) is 0 Å². The van der Waals surface area contributed by atoms with Crippen molar-refractivity contribution in [2.24, 2.45) is 0 Å². The van der Waals surface area contributed by atoms with E-state index >= 15 is 0 Å². The monoisotopic (exact) mass is 414 g/mol. The normalized spacial score (nSPS) is 14.0. The number of alkyl halides is 3. The van der Waals surface area contributed by atoms with Crippen LogP contribution in [0.2, 0.25) is 0 Å². The molecule has 0 rings (SSSR count). The second-order valence-electron chi connectivity index (χ2n) is 8.42.